The van der Waals surface area contributed by atoms with Crippen LogP contribution in [0.5, 0.6) is 0 Å². The maximum absolute atomic E-state index is 12.0. The highest BCUT2D eigenvalue weighted by molar-refractivity contribution is 7.90. The number of sulfonamides is 1. The molecule has 0 aliphatic heterocycles. The van der Waals surface area contributed by atoms with Crippen molar-refractivity contribution in [1.29, 1.82) is 0 Å². The van der Waals surface area contributed by atoms with Gasteiger partial charge in [-0.2, -0.15) is 0 Å². The Balaban J connectivity index is 3.08. The van der Waals surface area contributed by atoms with E-state index in [1.54, 1.807) is 13.8 Å². The molecule has 4 N–H and O–H groups in total. The Morgan fingerprint density at radius 3 is 2.42 bits per heavy atom. The van der Waals surface area contributed by atoms with E-state index in [2.05, 4.69) is 5.32 Å². The minimum Gasteiger partial charge on any atom is -0.396 e. The van der Waals surface area contributed by atoms with Crippen molar-refractivity contribution in [1.82, 2.24) is 10.0 Å². The Labute approximate surface area is 121 Å². The zero-order valence-corrected chi connectivity index (χ0v) is 12.5. The van der Waals surface area contributed by atoms with Gasteiger partial charge in [0.1, 0.15) is 4.90 Å². The van der Waals surface area contributed by atoms with Gasteiger partial charge in [0, 0.05) is 6.04 Å². The molecule has 0 heterocycles. The van der Waals surface area contributed by atoms with Crippen LogP contribution < -0.4 is 15.8 Å². The topological polar surface area (TPSA) is 101 Å². The largest absolute Gasteiger partial charge is 0.396 e. The van der Waals surface area contributed by atoms with Gasteiger partial charge in [0.25, 0.3) is 10.0 Å². The average molecular weight is 326 g/mol. The lowest BCUT2D eigenvalue weighted by molar-refractivity contribution is 0.243. The summed E-state index contributed by atoms with van der Waals surface area (Å²) >= 11 is 11.5. The lowest BCUT2D eigenvalue weighted by atomic mass is 10.3. The van der Waals surface area contributed by atoms with Gasteiger partial charge in [-0.1, -0.05) is 23.2 Å². The van der Waals surface area contributed by atoms with Crippen LogP contribution in [-0.2, 0) is 10.0 Å². The molecule has 0 unspecified atom stereocenters. The molecular formula is C10H13Cl2N3O3S. The molecule has 0 aliphatic carbocycles. The second-order valence-corrected chi connectivity index (χ2v) is 6.44. The number of hydrogen-bond donors (Lipinski definition) is 3. The second-order valence-electron chi connectivity index (χ2n) is 4.01. The van der Waals surface area contributed by atoms with E-state index < -0.39 is 16.1 Å². The van der Waals surface area contributed by atoms with Crippen LogP contribution in [0.4, 0.5) is 10.5 Å². The van der Waals surface area contributed by atoms with E-state index in [9.17, 15) is 13.2 Å². The van der Waals surface area contributed by atoms with Gasteiger partial charge in [-0.25, -0.2) is 17.9 Å². The number of anilines is 1. The van der Waals surface area contributed by atoms with Crippen LogP contribution in [0, 0.1) is 0 Å². The summed E-state index contributed by atoms with van der Waals surface area (Å²) in [5.41, 5.74) is 5.47. The monoisotopic (exact) mass is 325 g/mol. The number of nitrogens with two attached hydrogens (primary N) is 1. The molecule has 0 spiro atoms. The molecule has 0 aromatic heterocycles. The zero-order valence-electron chi connectivity index (χ0n) is 10.2. The summed E-state index contributed by atoms with van der Waals surface area (Å²) < 4.78 is 25.7. The molecule has 0 fully saturated rings. The highest BCUT2D eigenvalue weighted by atomic mass is 35.5. The maximum atomic E-state index is 12.0. The Kier molecular flexibility index (Phi) is 4.89. The number of halogens is 2. The van der Waals surface area contributed by atoms with E-state index in [4.69, 9.17) is 28.9 Å². The van der Waals surface area contributed by atoms with Gasteiger partial charge in [-0.05, 0) is 26.0 Å². The predicted octanol–water partition coefficient (Wildman–Crippen LogP) is 1.97. The highest BCUT2D eigenvalue weighted by Gasteiger charge is 2.23. The summed E-state index contributed by atoms with van der Waals surface area (Å²) in [6, 6.07) is 1.41. The van der Waals surface area contributed by atoms with E-state index in [1.807, 2.05) is 4.72 Å². The first-order valence-corrected chi connectivity index (χ1v) is 7.46. The highest BCUT2D eigenvalue weighted by Crippen LogP contribution is 2.32. The van der Waals surface area contributed by atoms with Gasteiger partial charge in [0.15, 0.2) is 0 Å². The van der Waals surface area contributed by atoms with Crippen molar-refractivity contribution in [2.45, 2.75) is 24.8 Å². The van der Waals surface area contributed by atoms with Gasteiger partial charge in [0.2, 0.25) is 0 Å². The third-order valence-corrected chi connectivity index (χ3v) is 4.25. The number of hydrogen-bond acceptors (Lipinski definition) is 4. The van der Waals surface area contributed by atoms with Crippen LogP contribution in [0.15, 0.2) is 17.0 Å². The third-order valence-electron chi connectivity index (χ3n) is 2.03. The zero-order chi connectivity index (χ0) is 14.8. The molecule has 106 valence electrons. The number of nitrogens with one attached hydrogen (secondary N) is 2. The standard InChI is InChI=1S/C10H13Cl2N3O3S/c1-5(2)14-10(16)15-19(17,18)7-4-3-6(11)9(13)8(7)12/h3-5H,13H2,1-2H3,(H2,14,15,16). The molecule has 1 aromatic rings. The summed E-state index contributed by atoms with van der Waals surface area (Å²) in [6.07, 6.45) is 0. The quantitative estimate of drug-likeness (QED) is 0.739. The summed E-state index contributed by atoms with van der Waals surface area (Å²) in [5.74, 6) is 0. The van der Waals surface area contributed by atoms with Crippen molar-refractivity contribution >= 4 is 44.9 Å². The molecule has 0 aliphatic rings. The predicted molar refractivity (Wildman–Crippen MR) is 74.9 cm³/mol. The van der Waals surface area contributed by atoms with Crippen LogP contribution in [0.1, 0.15) is 13.8 Å². The van der Waals surface area contributed by atoms with Gasteiger partial charge >= 0.3 is 6.03 Å². The summed E-state index contributed by atoms with van der Waals surface area (Å²) in [6.45, 7) is 3.39. The third kappa shape index (κ3) is 3.89. The van der Waals surface area contributed by atoms with Crippen LogP contribution in [0.2, 0.25) is 10.0 Å². The van der Waals surface area contributed by atoms with E-state index in [0.717, 1.165) is 0 Å². The lowest BCUT2D eigenvalue weighted by Crippen LogP contribution is -2.42. The molecular weight excluding hydrogens is 313 g/mol. The van der Waals surface area contributed by atoms with Gasteiger partial charge < -0.3 is 11.1 Å². The lowest BCUT2D eigenvalue weighted by Gasteiger charge is -2.12. The van der Waals surface area contributed by atoms with Crippen molar-refractivity contribution in [3.05, 3.63) is 22.2 Å². The summed E-state index contributed by atoms with van der Waals surface area (Å²) in [4.78, 5) is 11.1. The first-order valence-electron chi connectivity index (χ1n) is 5.22. The number of urea groups is 1. The molecule has 1 aromatic carbocycles. The maximum Gasteiger partial charge on any atom is 0.328 e. The van der Waals surface area contributed by atoms with Crippen LogP contribution in [0.3, 0.4) is 0 Å². The molecule has 0 bridgehead atoms. The van der Waals surface area contributed by atoms with Crippen molar-refractivity contribution < 1.29 is 13.2 Å². The molecule has 1 rings (SSSR count). The Morgan fingerprint density at radius 2 is 1.89 bits per heavy atom. The molecule has 9 heteroatoms. The number of benzene rings is 1. The Bertz CT molecular complexity index is 602. The second kappa shape index (κ2) is 5.85. The minimum atomic E-state index is -4.11. The Morgan fingerprint density at radius 1 is 1.32 bits per heavy atom. The van der Waals surface area contributed by atoms with Crippen molar-refractivity contribution in [3.8, 4) is 0 Å². The minimum absolute atomic E-state index is 0.0597. The number of rotatable bonds is 3. The van der Waals surface area contributed by atoms with E-state index >= 15 is 0 Å². The molecule has 6 nitrogen and oxygen atoms in total. The summed E-state index contributed by atoms with van der Waals surface area (Å²) in [7, 11) is -4.11. The molecule has 2 amide bonds. The SMILES string of the molecule is CC(C)NC(=O)NS(=O)(=O)c1ccc(Cl)c(N)c1Cl. The molecule has 0 atom stereocenters. The van der Waals surface area contributed by atoms with E-state index in [-0.39, 0.29) is 26.7 Å². The number of carbonyl (C=O) groups is 1. The first-order chi connectivity index (χ1) is 8.65. The van der Waals surface area contributed by atoms with Crippen LogP contribution in [0.25, 0.3) is 0 Å². The molecule has 0 saturated carbocycles. The smallest absolute Gasteiger partial charge is 0.328 e. The van der Waals surface area contributed by atoms with Crippen molar-refractivity contribution in [2.75, 3.05) is 5.73 Å². The van der Waals surface area contributed by atoms with Crippen molar-refractivity contribution in [2.24, 2.45) is 0 Å². The fourth-order valence-electron chi connectivity index (χ4n) is 1.23. The van der Waals surface area contributed by atoms with Gasteiger partial charge in [-0.3, -0.25) is 0 Å². The number of amides is 2. The number of carbonyl (C=O) groups excluding carboxylic acids is 1. The Hall–Kier alpha value is -1.18. The van der Waals surface area contributed by atoms with Crippen LogP contribution in [-0.4, -0.2) is 20.5 Å². The molecule has 0 saturated heterocycles. The van der Waals surface area contributed by atoms with E-state index in [1.165, 1.54) is 12.1 Å². The van der Waals surface area contributed by atoms with Gasteiger partial charge in [0.05, 0.1) is 15.7 Å². The first kappa shape index (κ1) is 15.9. The van der Waals surface area contributed by atoms with Crippen LogP contribution >= 0.6 is 23.2 Å². The average Bonchev–Trinajstić information content (AvgIpc) is 2.23. The van der Waals surface area contributed by atoms with E-state index in [0.29, 0.717) is 0 Å². The fourth-order valence-corrected chi connectivity index (χ4v) is 2.91. The normalized spacial score (nSPS) is 11.4. The molecule has 19 heavy (non-hydrogen) atoms. The molecule has 0 radical (unpaired) electrons. The van der Waals surface area contributed by atoms with Gasteiger partial charge in [-0.15, -0.1) is 0 Å². The summed E-state index contributed by atoms with van der Waals surface area (Å²) in [5, 5.41) is 2.29. The number of nitrogen functional groups attached to an aromatic ring is 1. The van der Waals surface area contributed by atoms with Crippen molar-refractivity contribution in [3.63, 3.8) is 0 Å². The fraction of sp³-hybridized carbons (Fsp3) is 0.300.